The van der Waals surface area contributed by atoms with Gasteiger partial charge in [0.05, 0.1) is 37.2 Å². The molecule has 3 heterocycles. The Kier molecular flexibility index (Phi) is 14.4. The number of nitrogens with zero attached hydrogens (tertiary/aromatic N) is 6. The Bertz CT molecular complexity index is 2520. The Morgan fingerprint density at radius 1 is 0.633 bits per heavy atom. The zero-order chi connectivity index (χ0) is 42.1. The lowest BCUT2D eigenvalue weighted by molar-refractivity contribution is -0.142. The lowest BCUT2D eigenvalue weighted by atomic mass is 10.1. The second kappa shape index (κ2) is 20.8. The zero-order valence-corrected chi connectivity index (χ0v) is 32.7. The smallest absolute Gasteiger partial charge is 0.328 e. The number of nitrogens with one attached hydrogen (secondary N) is 2. The van der Waals surface area contributed by atoms with Crippen molar-refractivity contribution in [2.24, 2.45) is 0 Å². The van der Waals surface area contributed by atoms with Gasteiger partial charge in [0.2, 0.25) is 5.88 Å². The molecule has 0 saturated heterocycles. The molecular weight excluding hydrogens is 761 g/mol. The van der Waals surface area contributed by atoms with Gasteiger partial charge in [0.15, 0.2) is 0 Å². The molecule has 0 spiro atoms. The number of methoxy groups -OCH3 is 2. The van der Waals surface area contributed by atoms with E-state index in [-0.39, 0.29) is 17.7 Å². The lowest BCUT2D eigenvalue weighted by Gasteiger charge is -2.17. The molecule has 300 valence electrons. The van der Waals surface area contributed by atoms with Crippen LogP contribution in [0.1, 0.15) is 16.7 Å². The number of pyridine rings is 1. The van der Waals surface area contributed by atoms with Gasteiger partial charge in [-0.1, -0.05) is 60.7 Å². The fourth-order valence-electron chi connectivity index (χ4n) is 5.90. The summed E-state index contributed by atoms with van der Waals surface area (Å²) < 4.78 is 15.6. The molecule has 0 radical (unpaired) electrons. The molecule has 0 fully saturated rings. The van der Waals surface area contributed by atoms with Crippen LogP contribution in [0.3, 0.4) is 0 Å². The molecule has 14 heteroatoms. The quantitative estimate of drug-likeness (QED) is 0.0918. The maximum absolute atomic E-state index is 12.3. The van der Waals surface area contributed by atoms with Crippen molar-refractivity contribution in [2.45, 2.75) is 24.9 Å². The highest BCUT2D eigenvalue weighted by molar-refractivity contribution is 5.80. The minimum absolute atomic E-state index is 0.190. The fourth-order valence-corrected chi connectivity index (χ4v) is 5.90. The Morgan fingerprint density at radius 2 is 1.12 bits per heavy atom. The van der Waals surface area contributed by atoms with E-state index in [1.165, 1.54) is 33.1 Å². The van der Waals surface area contributed by atoms with Gasteiger partial charge in [-0.25, -0.2) is 34.5 Å². The van der Waals surface area contributed by atoms with E-state index in [0.29, 0.717) is 53.1 Å². The van der Waals surface area contributed by atoms with E-state index in [2.05, 4.69) is 41.6 Å². The van der Waals surface area contributed by atoms with Crippen LogP contribution in [0.4, 0.5) is 11.6 Å². The van der Waals surface area contributed by atoms with Crippen molar-refractivity contribution in [3.05, 3.63) is 169 Å². The van der Waals surface area contributed by atoms with Crippen LogP contribution >= 0.6 is 0 Å². The third kappa shape index (κ3) is 11.9. The summed E-state index contributed by atoms with van der Waals surface area (Å²) in [6, 6.07) is 41.0. The number of aromatic hydroxyl groups is 1. The minimum Gasteiger partial charge on any atom is -0.508 e. The molecule has 7 rings (SSSR count). The number of rotatable bonds is 14. The van der Waals surface area contributed by atoms with E-state index < -0.39 is 12.1 Å². The molecule has 2 atom stereocenters. The summed E-state index contributed by atoms with van der Waals surface area (Å²) in [6.45, 7) is 0. The third-order valence-corrected chi connectivity index (χ3v) is 8.91. The SMILES string of the molecule is COC(=O)C(Cc1ccccc1)Nc1cc(-c2ccc(O)cc2)ncn1.COC(=O)C(Cc1ccccc1)Nc1cc(-c2ccc(Oc3cc(C#N)ccn3)cc2)ncn1. The van der Waals surface area contributed by atoms with Crippen molar-refractivity contribution >= 4 is 23.6 Å². The number of esters is 2. The first-order valence-corrected chi connectivity index (χ1v) is 18.6. The maximum Gasteiger partial charge on any atom is 0.328 e. The van der Waals surface area contributed by atoms with Gasteiger partial charge in [-0.15, -0.1) is 0 Å². The molecule has 0 amide bonds. The van der Waals surface area contributed by atoms with Crippen LogP contribution in [-0.2, 0) is 31.9 Å². The number of anilines is 2. The van der Waals surface area contributed by atoms with E-state index in [4.69, 9.17) is 19.5 Å². The minimum atomic E-state index is -0.595. The van der Waals surface area contributed by atoms with Gasteiger partial charge in [0.1, 0.15) is 47.9 Å². The lowest BCUT2D eigenvalue weighted by Crippen LogP contribution is -2.33. The molecule has 0 aliphatic carbocycles. The van der Waals surface area contributed by atoms with Crippen LogP contribution in [-0.4, -0.2) is 68.3 Å². The van der Waals surface area contributed by atoms with E-state index in [1.807, 2.05) is 72.8 Å². The first-order chi connectivity index (χ1) is 29.3. The Balaban J connectivity index is 0.000000209. The van der Waals surface area contributed by atoms with E-state index in [0.717, 1.165) is 22.3 Å². The van der Waals surface area contributed by atoms with Crippen molar-refractivity contribution < 1.29 is 28.9 Å². The third-order valence-electron chi connectivity index (χ3n) is 8.91. The fraction of sp³-hybridized carbons (Fsp3) is 0.130. The van der Waals surface area contributed by atoms with E-state index in [1.54, 1.807) is 60.7 Å². The topological polar surface area (TPSA) is 194 Å². The molecule has 0 bridgehead atoms. The van der Waals surface area contributed by atoms with Crippen LogP contribution in [0.2, 0.25) is 0 Å². The highest BCUT2D eigenvalue weighted by Gasteiger charge is 2.22. The predicted octanol–water partition coefficient (Wildman–Crippen LogP) is 7.44. The molecule has 14 nitrogen and oxygen atoms in total. The number of hydrogen-bond donors (Lipinski definition) is 3. The molecule has 2 unspecified atom stereocenters. The van der Waals surface area contributed by atoms with E-state index in [9.17, 15) is 14.7 Å². The zero-order valence-electron chi connectivity index (χ0n) is 32.7. The number of ether oxygens (including phenoxy) is 3. The Labute approximate surface area is 346 Å². The number of phenolic OH excluding ortho intramolecular Hbond substituents is 1. The molecule has 7 aromatic rings. The van der Waals surface area contributed by atoms with E-state index >= 15 is 0 Å². The van der Waals surface area contributed by atoms with Gasteiger partial charge in [-0.3, -0.25) is 0 Å². The summed E-state index contributed by atoms with van der Waals surface area (Å²) in [5.41, 5.74) is 5.54. The highest BCUT2D eigenvalue weighted by atomic mass is 16.5. The number of aromatic nitrogens is 5. The van der Waals surface area contributed by atoms with Gasteiger partial charge in [0, 0.05) is 48.4 Å². The van der Waals surface area contributed by atoms with Gasteiger partial charge >= 0.3 is 11.9 Å². The number of benzene rings is 4. The number of carbonyl (C=O) groups excluding carboxylic acids is 2. The van der Waals surface area contributed by atoms with Crippen molar-refractivity contribution in [1.82, 2.24) is 24.9 Å². The first kappa shape index (κ1) is 41.5. The molecule has 0 aliphatic rings. The summed E-state index contributed by atoms with van der Waals surface area (Å²) in [4.78, 5) is 45.7. The molecular formula is C46H40N8O6. The van der Waals surface area contributed by atoms with Gasteiger partial charge in [-0.05, 0) is 65.7 Å². The maximum atomic E-state index is 12.3. The second-order valence-electron chi connectivity index (χ2n) is 13.1. The van der Waals surface area contributed by atoms with Crippen LogP contribution in [0.25, 0.3) is 22.5 Å². The molecule has 0 aliphatic heterocycles. The number of carbonyl (C=O) groups is 2. The summed E-state index contributed by atoms with van der Waals surface area (Å²) in [6.07, 6.45) is 5.33. The summed E-state index contributed by atoms with van der Waals surface area (Å²) in [5, 5.41) is 24.7. The van der Waals surface area contributed by atoms with Gasteiger partial charge in [0.25, 0.3) is 0 Å². The number of phenols is 1. The molecule has 3 aromatic heterocycles. The molecule has 60 heavy (non-hydrogen) atoms. The molecule has 4 aromatic carbocycles. The van der Waals surface area contributed by atoms with Gasteiger partial charge < -0.3 is 30.0 Å². The number of hydrogen-bond acceptors (Lipinski definition) is 14. The van der Waals surface area contributed by atoms with Crippen LogP contribution in [0.5, 0.6) is 17.4 Å². The van der Waals surface area contributed by atoms with Gasteiger partial charge in [-0.2, -0.15) is 5.26 Å². The average molecular weight is 801 g/mol. The van der Waals surface area contributed by atoms with Crippen molar-refractivity contribution in [3.8, 4) is 46.0 Å². The highest BCUT2D eigenvalue weighted by Crippen LogP contribution is 2.26. The predicted molar refractivity (Wildman–Crippen MR) is 225 cm³/mol. The van der Waals surface area contributed by atoms with Crippen LogP contribution < -0.4 is 15.4 Å². The van der Waals surface area contributed by atoms with Crippen molar-refractivity contribution in [2.75, 3.05) is 24.9 Å². The van der Waals surface area contributed by atoms with Crippen molar-refractivity contribution in [1.29, 1.82) is 5.26 Å². The Morgan fingerprint density at radius 3 is 1.58 bits per heavy atom. The monoisotopic (exact) mass is 800 g/mol. The summed E-state index contributed by atoms with van der Waals surface area (Å²) >= 11 is 0. The second-order valence-corrected chi connectivity index (χ2v) is 13.1. The normalized spacial score (nSPS) is 11.3. The summed E-state index contributed by atoms with van der Waals surface area (Å²) in [5.74, 6) is 1.40. The average Bonchev–Trinajstić information content (AvgIpc) is 3.29. The standard InChI is InChI=1S/C26H21N5O3.C20H19N3O3/c1-33-26(32)23(13-18-5-3-2-4-6-18)31-24-15-22(29-17-30-24)20-7-9-21(10-8-20)34-25-14-19(16-27)11-12-28-25;1-26-20(25)18(11-14-5-3-2-4-6-14)23-19-12-17(21-13-22-19)15-7-9-16(24)10-8-15/h2-12,14-15,17,23H,13H2,1H3,(H,29,30,31);2-10,12-13,18,24H,11H2,1H3,(H,21,22,23). The van der Waals surface area contributed by atoms with Crippen LogP contribution in [0, 0.1) is 11.3 Å². The molecule has 3 N–H and O–H groups in total. The van der Waals surface area contributed by atoms with Crippen LogP contribution in [0.15, 0.2) is 152 Å². The largest absolute Gasteiger partial charge is 0.508 e. The van der Waals surface area contributed by atoms with Crippen molar-refractivity contribution in [3.63, 3.8) is 0 Å². The molecule has 0 saturated carbocycles. The number of nitriles is 1. The Hall–Kier alpha value is -8.18. The summed E-state index contributed by atoms with van der Waals surface area (Å²) in [7, 11) is 2.73. The first-order valence-electron chi connectivity index (χ1n) is 18.6.